The number of carbonyl (C=O) groups is 1. The highest BCUT2D eigenvalue weighted by molar-refractivity contribution is 5.68. The van der Waals surface area contributed by atoms with E-state index in [1.807, 2.05) is 0 Å². The standard InChI is InChI=1S/C12H12N4O3/c1-7-14-10(16-12(15-7)18-2)8-3-5-9(6-4-8)19-11(13)17/h3-6H,1-2H3,(H2,13,17). The summed E-state index contributed by atoms with van der Waals surface area (Å²) in [6.07, 6.45) is -0.856. The predicted molar refractivity (Wildman–Crippen MR) is 66.8 cm³/mol. The van der Waals surface area contributed by atoms with Crippen LogP contribution in [0.3, 0.4) is 0 Å². The van der Waals surface area contributed by atoms with Gasteiger partial charge in [-0.2, -0.15) is 9.97 Å². The van der Waals surface area contributed by atoms with Gasteiger partial charge in [0.05, 0.1) is 7.11 Å². The number of amides is 1. The van der Waals surface area contributed by atoms with E-state index in [-0.39, 0.29) is 6.01 Å². The molecule has 0 bridgehead atoms. The number of ether oxygens (including phenoxy) is 2. The molecule has 0 aliphatic rings. The molecule has 7 nitrogen and oxygen atoms in total. The monoisotopic (exact) mass is 260 g/mol. The zero-order valence-electron chi connectivity index (χ0n) is 10.5. The summed E-state index contributed by atoms with van der Waals surface area (Å²) in [6.45, 7) is 1.75. The Morgan fingerprint density at radius 2 is 1.84 bits per heavy atom. The first-order chi connectivity index (χ1) is 9.08. The molecule has 1 heterocycles. The maximum atomic E-state index is 10.6. The molecule has 2 N–H and O–H groups in total. The van der Waals surface area contributed by atoms with Crippen LogP contribution in [0.1, 0.15) is 5.82 Å². The maximum Gasteiger partial charge on any atom is 0.409 e. The number of primary amides is 1. The van der Waals surface area contributed by atoms with Gasteiger partial charge in [-0.05, 0) is 31.2 Å². The minimum Gasteiger partial charge on any atom is -0.467 e. The molecule has 7 heteroatoms. The Hall–Kier alpha value is -2.70. The molecule has 0 aliphatic carbocycles. The summed E-state index contributed by atoms with van der Waals surface area (Å²) in [5.74, 6) is 1.39. The molecule has 19 heavy (non-hydrogen) atoms. The van der Waals surface area contributed by atoms with Crippen molar-refractivity contribution in [3.8, 4) is 23.1 Å². The molecule has 0 spiro atoms. The van der Waals surface area contributed by atoms with Crippen LogP contribution >= 0.6 is 0 Å². The lowest BCUT2D eigenvalue weighted by molar-refractivity contribution is 0.211. The van der Waals surface area contributed by atoms with Crippen molar-refractivity contribution in [3.63, 3.8) is 0 Å². The van der Waals surface area contributed by atoms with Crippen molar-refractivity contribution in [2.45, 2.75) is 6.92 Å². The number of hydrogen-bond acceptors (Lipinski definition) is 6. The second kappa shape index (κ2) is 5.30. The Labute approximate surface area is 109 Å². The van der Waals surface area contributed by atoms with E-state index in [0.717, 1.165) is 5.56 Å². The number of carbonyl (C=O) groups excluding carboxylic acids is 1. The Balaban J connectivity index is 2.31. The van der Waals surface area contributed by atoms with Gasteiger partial charge in [0, 0.05) is 5.56 Å². The van der Waals surface area contributed by atoms with E-state index in [4.69, 9.17) is 15.2 Å². The van der Waals surface area contributed by atoms with Gasteiger partial charge in [0.15, 0.2) is 5.82 Å². The van der Waals surface area contributed by atoms with E-state index in [1.165, 1.54) is 7.11 Å². The van der Waals surface area contributed by atoms with Gasteiger partial charge < -0.3 is 15.2 Å². The van der Waals surface area contributed by atoms with Crippen molar-refractivity contribution in [2.75, 3.05) is 7.11 Å². The fourth-order valence-electron chi connectivity index (χ4n) is 1.47. The first kappa shape index (κ1) is 12.7. The molecule has 1 amide bonds. The van der Waals surface area contributed by atoms with Crippen molar-refractivity contribution in [1.29, 1.82) is 0 Å². The number of hydrogen-bond donors (Lipinski definition) is 1. The molecule has 0 radical (unpaired) electrons. The lowest BCUT2D eigenvalue weighted by Gasteiger charge is -2.05. The molecular weight excluding hydrogens is 248 g/mol. The van der Waals surface area contributed by atoms with E-state index in [9.17, 15) is 4.79 Å². The van der Waals surface area contributed by atoms with Crippen LogP contribution in [-0.4, -0.2) is 28.2 Å². The summed E-state index contributed by atoms with van der Waals surface area (Å²) < 4.78 is 9.72. The van der Waals surface area contributed by atoms with E-state index >= 15 is 0 Å². The average Bonchev–Trinajstić information content (AvgIpc) is 2.38. The molecule has 0 fully saturated rings. The molecule has 1 aromatic carbocycles. The Morgan fingerprint density at radius 1 is 1.16 bits per heavy atom. The third-order valence-corrected chi connectivity index (χ3v) is 2.24. The van der Waals surface area contributed by atoms with Crippen LogP contribution in [0.5, 0.6) is 11.8 Å². The van der Waals surface area contributed by atoms with Crippen molar-refractivity contribution in [2.24, 2.45) is 5.73 Å². The molecule has 0 saturated carbocycles. The van der Waals surface area contributed by atoms with Crippen LogP contribution < -0.4 is 15.2 Å². The Bertz CT molecular complexity index is 598. The lowest BCUT2D eigenvalue weighted by Crippen LogP contribution is -2.16. The fraction of sp³-hybridized carbons (Fsp3) is 0.167. The number of nitrogens with two attached hydrogens (primary N) is 1. The summed E-state index contributed by atoms with van der Waals surface area (Å²) in [5.41, 5.74) is 5.67. The summed E-state index contributed by atoms with van der Waals surface area (Å²) in [7, 11) is 1.49. The Morgan fingerprint density at radius 3 is 2.42 bits per heavy atom. The van der Waals surface area contributed by atoms with E-state index in [1.54, 1.807) is 31.2 Å². The van der Waals surface area contributed by atoms with E-state index in [2.05, 4.69) is 15.0 Å². The maximum absolute atomic E-state index is 10.6. The van der Waals surface area contributed by atoms with Crippen LogP contribution in [0.25, 0.3) is 11.4 Å². The molecule has 1 aromatic heterocycles. The second-order valence-corrected chi connectivity index (χ2v) is 3.64. The summed E-state index contributed by atoms with van der Waals surface area (Å²) in [5, 5.41) is 0. The highest BCUT2D eigenvalue weighted by Crippen LogP contribution is 2.20. The highest BCUT2D eigenvalue weighted by atomic mass is 16.5. The number of aryl methyl sites for hydroxylation is 1. The van der Waals surface area contributed by atoms with E-state index in [0.29, 0.717) is 17.4 Å². The number of nitrogens with zero attached hydrogens (tertiary/aromatic N) is 3. The summed E-state index contributed by atoms with van der Waals surface area (Å²) in [4.78, 5) is 23.0. The predicted octanol–water partition coefficient (Wildman–Crippen LogP) is 1.31. The molecule has 0 saturated heterocycles. The van der Waals surface area contributed by atoms with Gasteiger partial charge in [-0.3, -0.25) is 0 Å². The van der Waals surface area contributed by atoms with Crippen LogP contribution in [0.2, 0.25) is 0 Å². The van der Waals surface area contributed by atoms with Crippen molar-refractivity contribution >= 4 is 6.09 Å². The zero-order valence-corrected chi connectivity index (χ0v) is 10.5. The second-order valence-electron chi connectivity index (χ2n) is 3.64. The summed E-state index contributed by atoms with van der Waals surface area (Å²) in [6, 6.07) is 6.89. The zero-order chi connectivity index (χ0) is 13.8. The van der Waals surface area contributed by atoms with Crippen LogP contribution in [0.15, 0.2) is 24.3 Å². The molecular formula is C12H12N4O3. The SMILES string of the molecule is COc1nc(C)nc(-c2ccc(OC(N)=O)cc2)n1. The number of rotatable bonds is 3. The molecule has 98 valence electrons. The van der Waals surface area contributed by atoms with Crippen LogP contribution in [-0.2, 0) is 0 Å². The molecule has 2 aromatic rings. The minimum absolute atomic E-state index is 0.250. The normalized spacial score (nSPS) is 10.0. The van der Waals surface area contributed by atoms with E-state index < -0.39 is 6.09 Å². The number of benzene rings is 1. The van der Waals surface area contributed by atoms with Crippen LogP contribution in [0.4, 0.5) is 4.79 Å². The molecule has 0 aliphatic heterocycles. The lowest BCUT2D eigenvalue weighted by atomic mass is 10.2. The largest absolute Gasteiger partial charge is 0.467 e. The van der Waals surface area contributed by atoms with Crippen molar-refractivity contribution < 1.29 is 14.3 Å². The van der Waals surface area contributed by atoms with Gasteiger partial charge in [-0.15, -0.1) is 0 Å². The first-order valence-electron chi connectivity index (χ1n) is 5.43. The fourth-order valence-corrected chi connectivity index (χ4v) is 1.47. The smallest absolute Gasteiger partial charge is 0.409 e. The number of methoxy groups -OCH3 is 1. The topological polar surface area (TPSA) is 100 Å². The van der Waals surface area contributed by atoms with Crippen molar-refractivity contribution in [3.05, 3.63) is 30.1 Å². The van der Waals surface area contributed by atoms with Crippen molar-refractivity contribution in [1.82, 2.24) is 15.0 Å². The van der Waals surface area contributed by atoms with Gasteiger partial charge in [0.2, 0.25) is 0 Å². The third-order valence-electron chi connectivity index (χ3n) is 2.24. The Kier molecular flexibility index (Phi) is 3.56. The van der Waals surface area contributed by atoms with Gasteiger partial charge in [0.25, 0.3) is 0 Å². The quantitative estimate of drug-likeness (QED) is 0.893. The number of aromatic nitrogens is 3. The molecule has 0 atom stereocenters. The molecule has 0 unspecified atom stereocenters. The highest BCUT2D eigenvalue weighted by Gasteiger charge is 2.07. The molecule has 2 rings (SSSR count). The summed E-state index contributed by atoms with van der Waals surface area (Å²) >= 11 is 0. The van der Waals surface area contributed by atoms with Gasteiger partial charge in [0.1, 0.15) is 11.6 Å². The van der Waals surface area contributed by atoms with Gasteiger partial charge in [-0.1, -0.05) is 0 Å². The minimum atomic E-state index is -0.856. The first-order valence-corrected chi connectivity index (χ1v) is 5.43. The third kappa shape index (κ3) is 3.15. The van der Waals surface area contributed by atoms with Gasteiger partial charge in [-0.25, -0.2) is 9.78 Å². The van der Waals surface area contributed by atoms with Gasteiger partial charge >= 0.3 is 12.1 Å². The average molecular weight is 260 g/mol. The van der Waals surface area contributed by atoms with Crippen LogP contribution in [0, 0.1) is 6.92 Å².